The summed E-state index contributed by atoms with van der Waals surface area (Å²) >= 11 is 0. The molecule has 2 rings (SSSR count). The highest BCUT2D eigenvalue weighted by atomic mass is 19.1. The fourth-order valence-corrected chi connectivity index (χ4v) is 1.46. The lowest BCUT2D eigenvalue weighted by molar-refractivity contribution is 0.629. The first-order valence-electron chi connectivity index (χ1n) is 6.73. The summed E-state index contributed by atoms with van der Waals surface area (Å²) in [5, 5.41) is 0.968. The third-order valence-corrected chi connectivity index (χ3v) is 2.24. The molecule has 102 valence electrons. The Morgan fingerprint density at radius 1 is 1.00 bits per heavy atom. The quantitative estimate of drug-likeness (QED) is 0.586. The highest BCUT2D eigenvalue weighted by Crippen LogP contribution is 2.18. The van der Waals surface area contributed by atoms with Gasteiger partial charge in [0, 0.05) is 23.6 Å². The number of hydrogen-bond acceptors (Lipinski definition) is 0. The van der Waals surface area contributed by atoms with Gasteiger partial charge in [-0.25, -0.2) is 4.39 Å². The van der Waals surface area contributed by atoms with Crippen LogP contribution < -0.4 is 0 Å². The number of aryl methyl sites for hydroxylation is 2. The van der Waals surface area contributed by atoms with Crippen LogP contribution in [0.4, 0.5) is 4.39 Å². The molecule has 18 heavy (non-hydrogen) atoms. The third-order valence-electron chi connectivity index (χ3n) is 2.24. The van der Waals surface area contributed by atoms with E-state index in [1.165, 1.54) is 18.9 Å². The number of rotatable bonds is 0. The van der Waals surface area contributed by atoms with Gasteiger partial charge in [-0.2, -0.15) is 0 Å². The Labute approximate surface area is 111 Å². The Morgan fingerprint density at radius 3 is 2.00 bits per heavy atom. The van der Waals surface area contributed by atoms with Gasteiger partial charge in [-0.15, -0.1) is 0 Å². The van der Waals surface area contributed by atoms with Gasteiger partial charge in [-0.05, 0) is 31.2 Å². The summed E-state index contributed by atoms with van der Waals surface area (Å²) in [6.07, 6.45) is 2.50. The van der Waals surface area contributed by atoms with Crippen LogP contribution >= 0.6 is 0 Å². The van der Waals surface area contributed by atoms with Crippen LogP contribution in [0.2, 0.25) is 0 Å². The van der Waals surface area contributed by atoms with Crippen molar-refractivity contribution in [2.24, 2.45) is 7.05 Å². The van der Waals surface area contributed by atoms with Gasteiger partial charge in [0.25, 0.3) is 0 Å². The molecule has 0 N–H and O–H groups in total. The molecule has 2 heteroatoms. The molecule has 0 saturated carbocycles. The summed E-state index contributed by atoms with van der Waals surface area (Å²) in [6, 6.07) is 6.83. The van der Waals surface area contributed by atoms with E-state index in [9.17, 15) is 4.39 Å². The van der Waals surface area contributed by atoms with Gasteiger partial charge in [-0.1, -0.05) is 40.5 Å². The van der Waals surface area contributed by atoms with Crippen molar-refractivity contribution >= 4 is 10.9 Å². The van der Waals surface area contributed by atoms with E-state index in [0.717, 1.165) is 16.6 Å². The van der Waals surface area contributed by atoms with Crippen molar-refractivity contribution in [3.8, 4) is 0 Å². The maximum Gasteiger partial charge on any atom is 0.123 e. The van der Waals surface area contributed by atoms with Crippen molar-refractivity contribution in [2.45, 2.75) is 47.5 Å². The van der Waals surface area contributed by atoms with E-state index in [1.54, 1.807) is 12.1 Å². The summed E-state index contributed by atoms with van der Waals surface area (Å²) in [6.45, 7) is 10.5. The number of benzene rings is 1. The Kier molecular flexibility index (Phi) is 8.10. The molecule has 0 aliphatic carbocycles. The molecule has 2 aromatic rings. The topological polar surface area (TPSA) is 4.93 Å². The predicted octanol–water partition coefficient (Wildman–Crippen LogP) is 5.46. The molecule has 0 saturated heterocycles. The fraction of sp³-hybridized carbons (Fsp3) is 0.500. The summed E-state index contributed by atoms with van der Waals surface area (Å²) in [5.74, 6) is -0.173. The number of hydrogen-bond donors (Lipinski definition) is 0. The number of aromatic nitrogens is 1. The molecule has 1 nitrogen and oxygen atoms in total. The van der Waals surface area contributed by atoms with Gasteiger partial charge in [0.15, 0.2) is 0 Å². The second-order valence-electron chi connectivity index (χ2n) is 4.46. The van der Waals surface area contributed by atoms with E-state index < -0.39 is 0 Å². The normalized spacial score (nSPS) is 9.28. The van der Waals surface area contributed by atoms with Crippen LogP contribution in [0, 0.1) is 12.7 Å². The maximum absolute atomic E-state index is 12.8. The monoisotopic (exact) mass is 251 g/mol. The number of halogens is 1. The molecule has 0 aliphatic rings. The summed E-state index contributed by atoms with van der Waals surface area (Å²) in [5.41, 5.74) is 2.23. The minimum atomic E-state index is -0.173. The molecular weight excluding hydrogens is 225 g/mol. The van der Waals surface area contributed by atoms with Crippen LogP contribution in [0.1, 0.15) is 46.2 Å². The lowest BCUT2D eigenvalue weighted by atomic mass is 10.2. The molecule has 0 unspecified atom stereocenters. The van der Waals surface area contributed by atoms with Crippen molar-refractivity contribution < 1.29 is 4.39 Å². The maximum atomic E-state index is 12.8. The first kappa shape index (κ1) is 16.7. The average molecular weight is 251 g/mol. The molecule has 1 aromatic carbocycles. The molecule has 0 spiro atoms. The highest BCUT2D eigenvalue weighted by molar-refractivity contribution is 5.81. The van der Waals surface area contributed by atoms with E-state index in [4.69, 9.17) is 0 Å². The molecule has 0 fully saturated rings. The van der Waals surface area contributed by atoms with Crippen LogP contribution in [-0.2, 0) is 7.05 Å². The average Bonchev–Trinajstić information content (AvgIpc) is 2.56. The molecule has 0 aliphatic heterocycles. The van der Waals surface area contributed by atoms with E-state index in [1.807, 2.05) is 20.0 Å². The lowest BCUT2D eigenvalue weighted by Gasteiger charge is -1.97. The van der Waals surface area contributed by atoms with Crippen molar-refractivity contribution in [3.63, 3.8) is 0 Å². The van der Waals surface area contributed by atoms with Crippen molar-refractivity contribution in [1.82, 2.24) is 4.57 Å². The Balaban J connectivity index is 0.000000414. The molecule has 0 bridgehead atoms. The van der Waals surface area contributed by atoms with Gasteiger partial charge < -0.3 is 4.57 Å². The molecular formula is C16H26FN. The first-order chi connectivity index (χ1) is 8.51. The van der Waals surface area contributed by atoms with Crippen LogP contribution in [0.3, 0.4) is 0 Å². The number of nitrogens with zero attached hydrogens (tertiary/aromatic N) is 1. The van der Waals surface area contributed by atoms with E-state index in [2.05, 4.69) is 32.3 Å². The van der Waals surface area contributed by atoms with Crippen molar-refractivity contribution in [2.75, 3.05) is 0 Å². The van der Waals surface area contributed by atoms with Gasteiger partial charge >= 0.3 is 0 Å². The Hall–Kier alpha value is -1.31. The molecule has 0 atom stereocenters. The minimum Gasteiger partial charge on any atom is -0.348 e. The van der Waals surface area contributed by atoms with Gasteiger partial charge in [0.1, 0.15) is 5.82 Å². The lowest BCUT2D eigenvalue weighted by Crippen LogP contribution is -1.88. The summed E-state index contributed by atoms with van der Waals surface area (Å²) in [4.78, 5) is 0. The van der Waals surface area contributed by atoms with Crippen molar-refractivity contribution in [3.05, 3.63) is 35.8 Å². The van der Waals surface area contributed by atoms with E-state index in [0.29, 0.717) is 0 Å². The van der Waals surface area contributed by atoms with E-state index in [-0.39, 0.29) is 5.82 Å². The predicted molar refractivity (Wildman–Crippen MR) is 79.5 cm³/mol. The van der Waals surface area contributed by atoms with Gasteiger partial charge in [0.2, 0.25) is 0 Å². The summed E-state index contributed by atoms with van der Waals surface area (Å²) < 4.78 is 14.8. The smallest absolute Gasteiger partial charge is 0.123 e. The van der Waals surface area contributed by atoms with Gasteiger partial charge in [-0.3, -0.25) is 0 Å². The molecule has 0 radical (unpaired) electrons. The first-order valence-corrected chi connectivity index (χ1v) is 6.73. The third kappa shape index (κ3) is 4.91. The highest BCUT2D eigenvalue weighted by Gasteiger charge is 2.01. The largest absolute Gasteiger partial charge is 0.348 e. The van der Waals surface area contributed by atoms with Crippen LogP contribution in [0.15, 0.2) is 24.3 Å². The fourth-order valence-electron chi connectivity index (χ4n) is 1.46. The standard InChI is InChI=1S/C10H10FN.2C3H8/c1-7-5-8-6-9(11)3-4-10(8)12(7)2;2*1-3-2/h3-6H,1-2H3;2*3H2,1-2H3. The second-order valence-corrected chi connectivity index (χ2v) is 4.46. The SMILES string of the molecule is CCC.CCC.Cc1cc2cc(F)ccc2n1C. The van der Waals surface area contributed by atoms with Crippen LogP contribution in [0.5, 0.6) is 0 Å². The van der Waals surface area contributed by atoms with Crippen molar-refractivity contribution in [1.29, 1.82) is 0 Å². The minimum absolute atomic E-state index is 0.173. The van der Waals surface area contributed by atoms with Crippen LogP contribution in [-0.4, -0.2) is 4.57 Å². The molecule has 1 aromatic heterocycles. The molecule has 1 heterocycles. The zero-order chi connectivity index (χ0) is 14.1. The van der Waals surface area contributed by atoms with Gasteiger partial charge in [0.05, 0.1) is 0 Å². The van der Waals surface area contributed by atoms with E-state index >= 15 is 0 Å². The zero-order valence-electron chi connectivity index (χ0n) is 12.5. The Morgan fingerprint density at radius 2 is 1.50 bits per heavy atom. The number of fused-ring (bicyclic) bond motifs is 1. The summed E-state index contributed by atoms with van der Waals surface area (Å²) in [7, 11) is 1.98. The Bertz CT molecular complexity index is 455. The zero-order valence-corrected chi connectivity index (χ0v) is 12.5. The second kappa shape index (κ2) is 8.73. The molecule has 0 amide bonds. The van der Waals surface area contributed by atoms with Crippen LogP contribution in [0.25, 0.3) is 10.9 Å².